The number of benzene rings is 1. The van der Waals surface area contributed by atoms with Gasteiger partial charge in [0.15, 0.2) is 11.8 Å². The van der Waals surface area contributed by atoms with Crippen molar-refractivity contribution in [3.8, 4) is 0 Å². The maximum absolute atomic E-state index is 5.12. The zero-order chi connectivity index (χ0) is 17.5. The van der Waals surface area contributed by atoms with Crippen molar-refractivity contribution in [2.24, 2.45) is 4.99 Å². The normalized spacial score (nSPS) is 17.8. The molecule has 7 nitrogen and oxygen atoms in total. The van der Waals surface area contributed by atoms with Gasteiger partial charge in [0.25, 0.3) is 0 Å². The van der Waals surface area contributed by atoms with Gasteiger partial charge in [-0.3, -0.25) is 4.99 Å². The van der Waals surface area contributed by atoms with E-state index in [4.69, 9.17) is 4.52 Å². The van der Waals surface area contributed by atoms with Crippen LogP contribution in [0.25, 0.3) is 0 Å². The molecule has 1 fully saturated rings. The van der Waals surface area contributed by atoms with E-state index in [0.29, 0.717) is 17.8 Å². The van der Waals surface area contributed by atoms with Crippen LogP contribution >= 0.6 is 0 Å². The number of nitrogens with one attached hydrogen (secondary N) is 2. The summed E-state index contributed by atoms with van der Waals surface area (Å²) in [5, 5.41) is 10.7. The van der Waals surface area contributed by atoms with Gasteiger partial charge >= 0.3 is 0 Å². The van der Waals surface area contributed by atoms with E-state index in [-0.39, 0.29) is 0 Å². The highest BCUT2D eigenvalue weighted by Gasteiger charge is 2.23. The first-order valence-electron chi connectivity index (χ1n) is 8.81. The first kappa shape index (κ1) is 17.3. The highest BCUT2D eigenvalue weighted by atomic mass is 16.5. The average Bonchev–Trinajstić information content (AvgIpc) is 3.27. The molecule has 1 aliphatic rings. The molecule has 0 saturated carbocycles. The Labute approximate surface area is 148 Å². The summed E-state index contributed by atoms with van der Waals surface area (Å²) in [5.41, 5.74) is 1.28. The molecule has 1 aromatic heterocycles. The van der Waals surface area contributed by atoms with Crippen molar-refractivity contribution in [2.75, 3.05) is 31.6 Å². The molecule has 3 rings (SSSR count). The topological polar surface area (TPSA) is 78.6 Å². The second-order valence-electron chi connectivity index (χ2n) is 6.25. The summed E-state index contributed by atoms with van der Waals surface area (Å²) in [7, 11) is 1.81. The third-order valence-corrected chi connectivity index (χ3v) is 4.30. The molecule has 1 atom stereocenters. The van der Waals surface area contributed by atoms with Gasteiger partial charge in [-0.1, -0.05) is 23.4 Å². The Morgan fingerprint density at radius 3 is 2.92 bits per heavy atom. The molecule has 2 heterocycles. The van der Waals surface area contributed by atoms with Gasteiger partial charge in [-0.15, -0.1) is 0 Å². The third kappa shape index (κ3) is 4.95. The van der Waals surface area contributed by atoms with E-state index >= 15 is 0 Å². The Balaban J connectivity index is 1.39. The average molecular weight is 342 g/mol. The van der Waals surface area contributed by atoms with Crippen molar-refractivity contribution in [2.45, 2.75) is 32.2 Å². The standard InChI is InChI=1S/C18H26N6O/c1-14-21-17(25-23-14)9-6-11-20-18(19-2)22-15-10-12-24(13-15)16-7-4-3-5-8-16/h3-5,7-8,15H,6,9-13H2,1-2H3,(H2,19,20,22). The van der Waals surface area contributed by atoms with E-state index in [9.17, 15) is 0 Å². The molecule has 0 spiro atoms. The van der Waals surface area contributed by atoms with Gasteiger partial charge in [0, 0.05) is 44.8 Å². The number of hydrogen-bond acceptors (Lipinski definition) is 5. The molecule has 7 heteroatoms. The zero-order valence-corrected chi connectivity index (χ0v) is 14.9. The fourth-order valence-electron chi connectivity index (χ4n) is 3.03. The smallest absolute Gasteiger partial charge is 0.226 e. The van der Waals surface area contributed by atoms with Gasteiger partial charge in [-0.05, 0) is 31.9 Å². The lowest BCUT2D eigenvalue weighted by Crippen LogP contribution is -2.44. The molecule has 1 unspecified atom stereocenters. The Morgan fingerprint density at radius 1 is 1.36 bits per heavy atom. The number of para-hydroxylation sites is 1. The van der Waals surface area contributed by atoms with Gasteiger partial charge < -0.3 is 20.1 Å². The summed E-state index contributed by atoms with van der Waals surface area (Å²) in [5.74, 6) is 2.22. The van der Waals surface area contributed by atoms with Crippen LogP contribution < -0.4 is 15.5 Å². The molecular weight excluding hydrogens is 316 g/mol. The van der Waals surface area contributed by atoms with E-state index in [1.54, 1.807) is 7.05 Å². The predicted octanol–water partition coefficient (Wildman–Crippen LogP) is 1.75. The molecule has 1 saturated heterocycles. The van der Waals surface area contributed by atoms with Gasteiger partial charge in [0.2, 0.25) is 5.89 Å². The van der Waals surface area contributed by atoms with E-state index in [1.807, 2.05) is 6.92 Å². The van der Waals surface area contributed by atoms with Crippen LogP contribution in [-0.2, 0) is 6.42 Å². The summed E-state index contributed by atoms with van der Waals surface area (Å²) in [6, 6.07) is 11.0. The zero-order valence-electron chi connectivity index (χ0n) is 14.9. The lowest BCUT2D eigenvalue weighted by atomic mass is 10.2. The predicted molar refractivity (Wildman–Crippen MR) is 98.9 cm³/mol. The molecule has 134 valence electrons. The molecule has 0 bridgehead atoms. The molecule has 1 aliphatic heterocycles. The van der Waals surface area contributed by atoms with Crippen molar-refractivity contribution >= 4 is 11.6 Å². The second kappa shape index (κ2) is 8.50. The first-order valence-corrected chi connectivity index (χ1v) is 8.81. The van der Waals surface area contributed by atoms with E-state index in [0.717, 1.165) is 44.9 Å². The maximum atomic E-state index is 5.12. The highest BCUT2D eigenvalue weighted by molar-refractivity contribution is 5.80. The molecule has 0 aliphatic carbocycles. The fraction of sp³-hybridized carbons (Fsp3) is 0.500. The summed E-state index contributed by atoms with van der Waals surface area (Å²) >= 11 is 0. The quantitative estimate of drug-likeness (QED) is 0.473. The minimum atomic E-state index is 0.407. The molecule has 1 aromatic carbocycles. The van der Waals surface area contributed by atoms with Crippen LogP contribution in [0.1, 0.15) is 24.6 Å². The number of aromatic nitrogens is 2. The van der Waals surface area contributed by atoms with Crippen LogP contribution in [0.3, 0.4) is 0 Å². The number of rotatable bonds is 6. The number of guanidine groups is 1. The molecule has 25 heavy (non-hydrogen) atoms. The Kier molecular flexibility index (Phi) is 5.87. The second-order valence-corrected chi connectivity index (χ2v) is 6.25. The Morgan fingerprint density at radius 2 is 2.20 bits per heavy atom. The van der Waals surface area contributed by atoms with Crippen LogP contribution in [0.15, 0.2) is 39.8 Å². The van der Waals surface area contributed by atoms with Crippen molar-refractivity contribution in [1.29, 1.82) is 0 Å². The lowest BCUT2D eigenvalue weighted by Gasteiger charge is -2.20. The van der Waals surface area contributed by atoms with Crippen LogP contribution in [0.2, 0.25) is 0 Å². The van der Waals surface area contributed by atoms with Crippen LogP contribution in [0.5, 0.6) is 0 Å². The monoisotopic (exact) mass is 342 g/mol. The van der Waals surface area contributed by atoms with Gasteiger partial charge in [0.05, 0.1) is 0 Å². The highest BCUT2D eigenvalue weighted by Crippen LogP contribution is 2.19. The number of nitrogens with zero attached hydrogens (tertiary/aromatic N) is 4. The lowest BCUT2D eigenvalue weighted by molar-refractivity contribution is 0.372. The van der Waals surface area contributed by atoms with Gasteiger partial charge in [-0.25, -0.2) is 0 Å². The summed E-state index contributed by atoms with van der Waals surface area (Å²) in [6.45, 7) is 4.70. The molecule has 2 N–H and O–H groups in total. The van der Waals surface area contributed by atoms with E-state index in [2.05, 4.69) is 61.0 Å². The van der Waals surface area contributed by atoms with Crippen LogP contribution in [0.4, 0.5) is 5.69 Å². The minimum absolute atomic E-state index is 0.407. The van der Waals surface area contributed by atoms with E-state index in [1.165, 1.54) is 5.69 Å². The first-order chi connectivity index (χ1) is 12.2. The van der Waals surface area contributed by atoms with Crippen molar-refractivity contribution < 1.29 is 4.52 Å². The van der Waals surface area contributed by atoms with Crippen molar-refractivity contribution in [1.82, 2.24) is 20.8 Å². The number of aliphatic imine (C=N–C) groups is 1. The number of hydrogen-bond donors (Lipinski definition) is 2. The SMILES string of the molecule is CN=C(NCCCc1nc(C)no1)NC1CCN(c2ccccc2)C1. The Bertz CT molecular complexity index is 684. The number of anilines is 1. The molecule has 2 aromatic rings. The van der Waals surface area contributed by atoms with E-state index < -0.39 is 0 Å². The summed E-state index contributed by atoms with van der Waals surface area (Å²) in [6.07, 6.45) is 2.80. The minimum Gasteiger partial charge on any atom is -0.369 e. The van der Waals surface area contributed by atoms with Crippen molar-refractivity contribution in [3.63, 3.8) is 0 Å². The Hall–Kier alpha value is -2.57. The third-order valence-electron chi connectivity index (χ3n) is 4.30. The molecule has 0 amide bonds. The van der Waals surface area contributed by atoms with Crippen LogP contribution in [0, 0.1) is 6.92 Å². The molecular formula is C18H26N6O. The summed E-state index contributed by atoms with van der Waals surface area (Å²) < 4.78 is 5.12. The summed E-state index contributed by atoms with van der Waals surface area (Å²) in [4.78, 5) is 10.9. The molecule has 0 radical (unpaired) electrons. The number of aryl methyl sites for hydroxylation is 2. The van der Waals surface area contributed by atoms with Gasteiger partial charge in [0.1, 0.15) is 0 Å². The maximum Gasteiger partial charge on any atom is 0.226 e. The van der Waals surface area contributed by atoms with Gasteiger partial charge in [-0.2, -0.15) is 4.98 Å². The largest absolute Gasteiger partial charge is 0.369 e. The fourth-order valence-corrected chi connectivity index (χ4v) is 3.03. The van der Waals surface area contributed by atoms with Crippen LogP contribution in [-0.4, -0.2) is 48.8 Å². The van der Waals surface area contributed by atoms with Crippen molar-refractivity contribution in [3.05, 3.63) is 42.0 Å².